The molecule has 0 unspecified atom stereocenters. The third-order valence-electron chi connectivity index (χ3n) is 4.17. The van der Waals surface area contributed by atoms with E-state index in [4.69, 9.17) is 0 Å². The van der Waals surface area contributed by atoms with Crippen LogP contribution in [0.3, 0.4) is 0 Å². The first-order valence-electron chi connectivity index (χ1n) is 9.09. The first kappa shape index (κ1) is 22.4. The lowest BCUT2D eigenvalue weighted by molar-refractivity contribution is -0.137. The molecule has 0 aliphatic carbocycles. The van der Waals surface area contributed by atoms with Crippen LogP contribution < -0.4 is 16.0 Å². The first-order chi connectivity index (χ1) is 14.7. The van der Waals surface area contributed by atoms with Crippen molar-refractivity contribution < 1.29 is 22.8 Å². The van der Waals surface area contributed by atoms with Gasteiger partial charge in [0.05, 0.1) is 12.1 Å². The summed E-state index contributed by atoms with van der Waals surface area (Å²) in [4.78, 5) is 24.6. The second-order valence-corrected chi connectivity index (χ2v) is 7.35. The molecule has 0 aliphatic heterocycles. The zero-order valence-corrected chi connectivity index (χ0v) is 17.5. The lowest BCUT2D eigenvalue weighted by Crippen LogP contribution is -2.22. The third-order valence-corrected chi connectivity index (χ3v) is 4.86. The second kappa shape index (κ2) is 9.65. The topological polar surface area (TPSA) is 70.2 Å². The maximum Gasteiger partial charge on any atom is 0.416 e. The van der Waals surface area contributed by atoms with Crippen molar-refractivity contribution in [3.8, 4) is 0 Å². The molecule has 3 rings (SSSR count). The zero-order chi connectivity index (χ0) is 22.4. The van der Waals surface area contributed by atoms with E-state index >= 15 is 0 Å². The highest BCUT2D eigenvalue weighted by Gasteiger charge is 2.30. The molecule has 0 saturated carbocycles. The van der Waals surface area contributed by atoms with Crippen LogP contribution in [0.15, 0.2) is 77.3 Å². The van der Waals surface area contributed by atoms with Crippen molar-refractivity contribution in [2.45, 2.75) is 6.18 Å². The summed E-state index contributed by atoms with van der Waals surface area (Å²) in [5.74, 6) is -0.923. The van der Waals surface area contributed by atoms with Crippen LogP contribution in [0.4, 0.5) is 30.2 Å². The molecule has 160 valence electrons. The van der Waals surface area contributed by atoms with E-state index in [9.17, 15) is 22.8 Å². The number of halogens is 4. The van der Waals surface area contributed by atoms with E-state index in [1.54, 1.807) is 12.1 Å². The molecule has 3 aromatic carbocycles. The molecule has 0 bridgehead atoms. The Hall–Kier alpha value is -3.33. The Balaban J connectivity index is 1.62. The number of hydrogen-bond acceptors (Lipinski definition) is 3. The molecule has 5 nitrogen and oxygen atoms in total. The first-order valence-corrected chi connectivity index (χ1v) is 9.88. The number of carbonyl (C=O) groups is 2. The lowest BCUT2D eigenvalue weighted by atomic mass is 10.1. The second-order valence-electron chi connectivity index (χ2n) is 6.50. The molecule has 3 aromatic rings. The Kier molecular flexibility index (Phi) is 6.96. The van der Waals surface area contributed by atoms with Gasteiger partial charge in [-0.15, -0.1) is 0 Å². The summed E-state index contributed by atoms with van der Waals surface area (Å²) in [5.41, 5.74) is 0.493. The number of rotatable bonds is 6. The predicted molar refractivity (Wildman–Crippen MR) is 117 cm³/mol. The number of anilines is 3. The monoisotopic (exact) mass is 491 g/mol. The number of para-hydroxylation sites is 1. The van der Waals surface area contributed by atoms with Crippen LogP contribution in [-0.2, 0) is 11.0 Å². The van der Waals surface area contributed by atoms with Gasteiger partial charge < -0.3 is 16.0 Å². The van der Waals surface area contributed by atoms with E-state index in [0.717, 1.165) is 22.3 Å². The van der Waals surface area contributed by atoms with Crippen LogP contribution in [0.25, 0.3) is 0 Å². The van der Waals surface area contributed by atoms with Gasteiger partial charge in [-0.3, -0.25) is 9.59 Å². The lowest BCUT2D eigenvalue weighted by Gasteiger charge is -2.11. The van der Waals surface area contributed by atoms with Crippen LogP contribution >= 0.6 is 15.9 Å². The minimum absolute atomic E-state index is 0.00325. The van der Waals surface area contributed by atoms with Crippen LogP contribution in [0, 0.1) is 0 Å². The van der Waals surface area contributed by atoms with Crippen molar-refractivity contribution in [1.82, 2.24) is 0 Å². The molecule has 0 radical (unpaired) electrons. The van der Waals surface area contributed by atoms with Crippen molar-refractivity contribution in [2.24, 2.45) is 0 Å². The van der Waals surface area contributed by atoms with Gasteiger partial charge in [0.1, 0.15) is 0 Å². The van der Waals surface area contributed by atoms with E-state index in [0.29, 0.717) is 5.69 Å². The molecular weight excluding hydrogens is 475 g/mol. The maximum absolute atomic E-state index is 12.8. The Morgan fingerprint density at radius 1 is 0.839 bits per heavy atom. The number of carbonyl (C=O) groups excluding carboxylic acids is 2. The quantitative estimate of drug-likeness (QED) is 0.409. The average molecular weight is 492 g/mol. The highest BCUT2D eigenvalue weighted by atomic mass is 79.9. The zero-order valence-electron chi connectivity index (χ0n) is 16.0. The van der Waals surface area contributed by atoms with Gasteiger partial charge in [-0.1, -0.05) is 24.3 Å². The van der Waals surface area contributed by atoms with E-state index in [1.165, 1.54) is 24.3 Å². The third kappa shape index (κ3) is 6.32. The minimum Gasteiger partial charge on any atom is -0.375 e. The smallest absolute Gasteiger partial charge is 0.375 e. The van der Waals surface area contributed by atoms with Crippen molar-refractivity contribution in [3.63, 3.8) is 0 Å². The molecule has 3 N–H and O–H groups in total. The standard InChI is InChI=1S/C22H17BrF3N3O2/c23-18-9-1-2-10-19(18)27-13-20(30)28-16-7-3-5-14(11-16)21(31)29-17-8-4-6-15(12-17)22(24,25)26/h1-12,27H,13H2,(H,28,30)(H,29,31). The summed E-state index contributed by atoms with van der Waals surface area (Å²) >= 11 is 3.38. The SMILES string of the molecule is O=C(CNc1ccccc1Br)Nc1cccc(C(=O)Nc2cccc(C(F)(F)F)c2)c1. The van der Waals surface area contributed by atoms with E-state index in [-0.39, 0.29) is 23.7 Å². The van der Waals surface area contributed by atoms with Crippen LogP contribution in [0.1, 0.15) is 15.9 Å². The van der Waals surface area contributed by atoms with Crippen LogP contribution in [0.5, 0.6) is 0 Å². The molecule has 0 aromatic heterocycles. The predicted octanol–water partition coefficient (Wildman–Crippen LogP) is 5.77. The van der Waals surface area contributed by atoms with Crippen LogP contribution in [-0.4, -0.2) is 18.4 Å². The highest BCUT2D eigenvalue weighted by Crippen LogP contribution is 2.30. The Labute approximate surface area is 184 Å². The van der Waals surface area contributed by atoms with Gasteiger partial charge in [-0.2, -0.15) is 13.2 Å². The normalized spacial score (nSPS) is 11.0. The van der Waals surface area contributed by atoms with Crippen molar-refractivity contribution in [1.29, 1.82) is 0 Å². The molecule has 0 fully saturated rings. The number of alkyl halides is 3. The number of nitrogens with one attached hydrogen (secondary N) is 3. The Morgan fingerprint density at radius 3 is 2.23 bits per heavy atom. The molecule has 9 heteroatoms. The van der Waals surface area contributed by atoms with Gasteiger partial charge in [0.15, 0.2) is 0 Å². The summed E-state index contributed by atoms with van der Waals surface area (Å²) in [5, 5.41) is 8.10. The van der Waals surface area contributed by atoms with Crippen LogP contribution in [0.2, 0.25) is 0 Å². The van der Waals surface area contributed by atoms with Crippen molar-refractivity contribution >= 4 is 44.8 Å². The number of hydrogen-bond donors (Lipinski definition) is 3. The van der Waals surface area contributed by atoms with E-state index < -0.39 is 17.6 Å². The van der Waals surface area contributed by atoms with Gasteiger partial charge in [-0.25, -0.2) is 0 Å². The molecule has 0 spiro atoms. The molecular formula is C22H17BrF3N3O2. The van der Waals surface area contributed by atoms with Gasteiger partial charge in [0.25, 0.3) is 5.91 Å². The largest absolute Gasteiger partial charge is 0.416 e. The number of benzene rings is 3. The average Bonchev–Trinajstić information content (AvgIpc) is 2.73. The fourth-order valence-electron chi connectivity index (χ4n) is 2.70. The van der Waals surface area contributed by atoms with E-state index in [2.05, 4.69) is 31.9 Å². The molecule has 0 atom stereocenters. The van der Waals surface area contributed by atoms with Crippen molar-refractivity contribution in [2.75, 3.05) is 22.5 Å². The molecule has 0 saturated heterocycles. The highest BCUT2D eigenvalue weighted by molar-refractivity contribution is 9.10. The molecule has 2 amide bonds. The van der Waals surface area contributed by atoms with Gasteiger partial charge in [0.2, 0.25) is 5.91 Å². The Bertz CT molecular complexity index is 1100. The molecule has 31 heavy (non-hydrogen) atoms. The summed E-state index contributed by atoms with van der Waals surface area (Å²) < 4.78 is 39.3. The van der Waals surface area contributed by atoms with Gasteiger partial charge in [0, 0.05) is 27.1 Å². The molecule has 0 heterocycles. The summed E-state index contributed by atoms with van der Waals surface area (Å²) in [7, 11) is 0. The molecule has 0 aliphatic rings. The summed E-state index contributed by atoms with van der Waals surface area (Å²) in [6, 6.07) is 17.8. The fourth-order valence-corrected chi connectivity index (χ4v) is 3.12. The Morgan fingerprint density at radius 2 is 1.52 bits per heavy atom. The van der Waals surface area contributed by atoms with E-state index in [1.807, 2.05) is 24.3 Å². The van der Waals surface area contributed by atoms with Gasteiger partial charge >= 0.3 is 6.18 Å². The summed E-state index contributed by atoms with van der Waals surface area (Å²) in [6.07, 6.45) is -4.51. The minimum atomic E-state index is -4.51. The summed E-state index contributed by atoms with van der Waals surface area (Å²) in [6.45, 7) is 0.00325. The fraction of sp³-hybridized carbons (Fsp3) is 0.0909. The maximum atomic E-state index is 12.8. The number of amides is 2. The van der Waals surface area contributed by atoms with Gasteiger partial charge in [-0.05, 0) is 64.5 Å². The van der Waals surface area contributed by atoms with Crippen molar-refractivity contribution in [3.05, 3.63) is 88.4 Å².